The molecule has 0 radical (unpaired) electrons. The van der Waals surface area contributed by atoms with Gasteiger partial charge in [-0.15, -0.1) is 0 Å². The van der Waals surface area contributed by atoms with Crippen LogP contribution in [0.1, 0.15) is 30.5 Å². The second-order valence-corrected chi connectivity index (χ2v) is 3.08. The molecular formula is C11H14N2O. The minimum atomic E-state index is -0.0975. The van der Waals surface area contributed by atoms with Crippen molar-refractivity contribution >= 4 is 0 Å². The summed E-state index contributed by atoms with van der Waals surface area (Å²) in [6.07, 6.45) is 0.807. The van der Waals surface area contributed by atoms with Crippen LogP contribution in [-0.2, 0) is 0 Å². The first-order chi connectivity index (χ1) is 6.72. The molecule has 0 aliphatic carbocycles. The fourth-order valence-corrected chi connectivity index (χ4v) is 1.30. The van der Waals surface area contributed by atoms with Gasteiger partial charge in [0.1, 0.15) is 5.75 Å². The van der Waals surface area contributed by atoms with E-state index in [4.69, 9.17) is 15.7 Å². The molecule has 1 aromatic carbocycles. The molecule has 0 aliphatic heterocycles. The van der Waals surface area contributed by atoms with Gasteiger partial charge in [-0.2, -0.15) is 5.26 Å². The number of benzene rings is 1. The van der Waals surface area contributed by atoms with Crippen molar-refractivity contribution in [2.75, 3.05) is 7.11 Å². The van der Waals surface area contributed by atoms with E-state index in [2.05, 4.69) is 6.07 Å². The van der Waals surface area contributed by atoms with Gasteiger partial charge in [-0.25, -0.2) is 0 Å². The lowest BCUT2D eigenvalue weighted by molar-refractivity contribution is 0.413. The second-order valence-electron chi connectivity index (χ2n) is 3.08. The van der Waals surface area contributed by atoms with Gasteiger partial charge >= 0.3 is 0 Å². The molecule has 0 amide bonds. The van der Waals surface area contributed by atoms with Crippen molar-refractivity contribution in [3.8, 4) is 11.8 Å². The molecule has 1 rings (SSSR count). The maximum atomic E-state index is 8.88. The van der Waals surface area contributed by atoms with Crippen molar-refractivity contribution in [3.05, 3.63) is 29.3 Å². The molecule has 1 unspecified atom stereocenters. The Balaban J connectivity index is 3.16. The van der Waals surface area contributed by atoms with Gasteiger partial charge in [0, 0.05) is 6.04 Å². The first kappa shape index (κ1) is 10.6. The Morgan fingerprint density at radius 2 is 2.29 bits per heavy atom. The van der Waals surface area contributed by atoms with E-state index in [9.17, 15) is 0 Å². The van der Waals surface area contributed by atoms with Gasteiger partial charge in [0.2, 0.25) is 0 Å². The predicted octanol–water partition coefficient (Wildman–Crippen LogP) is 1.98. The van der Waals surface area contributed by atoms with E-state index >= 15 is 0 Å². The highest BCUT2D eigenvalue weighted by atomic mass is 16.5. The Hall–Kier alpha value is -1.53. The molecule has 0 heterocycles. The van der Waals surface area contributed by atoms with Crippen molar-refractivity contribution in [1.29, 1.82) is 5.26 Å². The van der Waals surface area contributed by atoms with Gasteiger partial charge in [0.05, 0.1) is 18.7 Å². The quantitative estimate of drug-likeness (QED) is 0.792. The van der Waals surface area contributed by atoms with E-state index in [1.165, 1.54) is 0 Å². The Labute approximate surface area is 84.1 Å². The van der Waals surface area contributed by atoms with Crippen molar-refractivity contribution < 1.29 is 4.74 Å². The van der Waals surface area contributed by atoms with Crippen molar-refractivity contribution in [2.24, 2.45) is 5.73 Å². The number of nitrogens with zero attached hydrogens (tertiary/aromatic N) is 1. The molecule has 0 aromatic heterocycles. The third kappa shape index (κ3) is 2.04. The molecule has 74 valence electrons. The summed E-state index contributed by atoms with van der Waals surface area (Å²) < 4.78 is 5.08. The Morgan fingerprint density at radius 3 is 2.79 bits per heavy atom. The summed E-state index contributed by atoms with van der Waals surface area (Å²) in [6.45, 7) is 1.99. The Bertz CT molecular complexity index is 355. The summed E-state index contributed by atoms with van der Waals surface area (Å²) in [6, 6.07) is 7.36. The molecule has 3 nitrogen and oxygen atoms in total. The monoisotopic (exact) mass is 190 g/mol. The van der Waals surface area contributed by atoms with Crippen molar-refractivity contribution in [1.82, 2.24) is 0 Å². The Kier molecular flexibility index (Phi) is 3.49. The van der Waals surface area contributed by atoms with Crippen LogP contribution in [0.4, 0.5) is 0 Å². The summed E-state index contributed by atoms with van der Waals surface area (Å²) in [7, 11) is 1.60. The number of hydrogen-bond donors (Lipinski definition) is 1. The number of rotatable bonds is 3. The van der Waals surface area contributed by atoms with Crippen LogP contribution in [0.3, 0.4) is 0 Å². The smallest absolute Gasteiger partial charge is 0.119 e. The first-order valence-corrected chi connectivity index (χ1v) is 4.56. The van der Waals surface area contributed by atoms with Gasteiger partial charge in [0.15, 0.2) is 0 Å². The topological polar surface area (TPSA) is 59.0 Å². The van der Waals surface area contributed by atoms with E-state index in [-0.39, 0.29) is 6.04 Å². The highest BCUT2D eigenvalue weighted by Crippen LogP contribution is 2.23. The number of nitrogens with two attached hydrogens (primary N) is 1. The second kappa shape index (κ2) is 4.64. The summed E-state index contributed by atoms with van der Waals surface area (Å²) in [5.74, 6) is 0.739. The molecule has 1 aromatic rings. The normalized spacial score (nSPS) is 11.9. The molecule has 0 saturated carbocycles. The number of methoxy groups -OCH3 is 1. The van der Waals surface area contributed by atoms with Gasteiger partial charge in [-0.3, -0.25) is 0 Å². The maximum absolute atomic E-state index is 8.88. The summed E-state index contributed by atoms with van der Waals surface area (Å²) in [5.41, 5.74) is 7.37. The fourth-order valence-electron chi connectivity index (χ4n) is 1.30. The molecule has 14 heavy (non-hydrogen) atoms. The zero-order valence-electron chi connectivity index (χ0n) is 8.45. The molecule has 1 atom stereocenters. The van der Waals surface area contributed by atoms with E-state index in [1.807, 2.05) is 13.0 Å². The largest absolute Gasteiger partial charge is 0.497 e. The van der Waals surface area contributed by atoms with E-state index in [0.29, 0.717) is 5.56 Å². The van der Waals surface area contributed by atoms with Gasteiger partial charge in [-0.05, 0) is 30.2 Å². The van der Waals surface area contributed by atoms with Crippen LogP contribution >= 0.6 is 0 Å². The first-order valence-electron chi connectivity index (χ1n) is 4.56. The zero-order valence-corrected chi connectivity index (χ0v) is 8.45. The minimum absolute atomic E-state index is 0.0975. The molecule has 0 spiro atoms. The van der Waals surface area contributed by atoms with Crippen LogP contribution in [0.25, 0.3) is 0 Å². The van der Waals surface area contributed by atoms with Crippen molar-refractivity contribution in [2.45, 2.75) is 19.4 Å². The zero-order chi connectivity index (χ0) is 10.6. The van der Waals surface area contributed by atoms with Crippen LogP contribution in [0, 0.1) is 11.3 Å². The number of ether oxygens (including phenoxy) is 1. The highest BCUT2D eigenvalue weighted by molar-refractivity contribution is 5.44. The number of nitriles is 1. The number of hydrogen-bond acceptors (Lipinski definition) is 3. The lowest BCUT2D eigenvalue weighted by atomic mass is 9.99. The van der Waals surface area contributed by atoms with E-state index in [0.717, 1.165) is 17.7 Å². The molecule has 0 fully saturated rings. The predicted molar refractivity (Wildman–Crippen MR) is 54.9 cm³/mol. The van der Waals surface area contributed by atoms with Gasteiger partial charge in [0.25, 0.3) is 0 Å². The van der Waals surface area contributed by atoms with Crippen LogP contribution in [-0.4, -0.2) is 7.11 Å². The molecule has 0 saturated heterocycles. The molecule has 0 bridgehead atoms. The van der Waals surface area contributed by atoms with Crippen LogP contribution in [0.15, 0.2) is 18.2 Å². The summed E-state index contributed by atoms with van der Waals surface area (Å²) in [4.78, 5) is 0. The average molecular weight is 190 g/mol. The molecule has 2 N–H and O–H groups in total. The van der Waals surface area contributed by atoms with Gasteiger partial charge < -0.3 is 10.5 Å². The summed E-state index contributed by atoms with van der Waals surface area (Å²) in [5, 5.41) is 8.88. The lowest BCUT2D eigenvalue weighted by Crippen LogP contribution is -2.10. The third-order valence-corrected chi connectivity index (χ3v) is 2.22. The minimum Gasteiger partial charge on any atom is -0.497 e. The Morgan fingerprint density at radius 1 is 1.57 bits per heavy atom. The molecule has 0 aliphatic rings. The van der Waals surface area contributed by atoms with E-state index < -0.39 is 0 Å². The van der Waals surface area contributed by atoms with Crippen LogP contribution < -0.4 is 10.5 Å². The lowest BCUT2D eigenvalue weighted by Gasteiger charge is -2.12. The van der Waals surface area contributed by atoms with Crippen LogP contribution in [0.2, 0.25) is 0 Å². The SMILES string of the molecule is CCC(N)c1cc(OC)ccc1C#N. The van der Waals surface area contributed by atoms with Crippen molar-refractivity contribution in [3.63, 3.8) is 0 Å². The standard InChI is InChI=1S/C11H14N2O/c1-3-11(13)10-6-9(14-2)5-4-8(10)7-12/h4-6,11H,3,13H2,1-2H3. The van der Waals surface area contributed by atoms with E-state index in [1.54, 1.807) is 19.2 Å². The fraction of sp³-hybridized carbons (Fsp3) is 0.364. The molecular weight excluding hydrogens is 176 g/mol. The molecule has 3 heteroatoms. The maximum Gasteiger partial charge on any atom is 0.119 e. The third-order valence-electron chi connectivity index (χ3n) is 2.22. The van der Waals surface area contributed by atoms with Crippen LogP contribution in [0.5, 0.6) is 5.75 Å². The highest BCUT2D eigenvalue weighted by Gasteiger charge is 2.10. The summed E-state index contributed by atoms with van der Waals surface area (Å²) >= 11 is 0. The van der Waals surface area contributed by atoms with Gasteiger partial charge in [-0.1, -0.05) is 6.92 Å². The average Bonchev–Trinajstić information content (AvgIpc) is 2.27.